The number of rotatable bonds is 4. The third-order valence-corrected chi connectivity index (χ3v) is 9.67. The number of fused-ring (bicyclic) bond motifs is 8. The molecule has 5 aromatic rings. The maximum atomic E-state index is 5.41. The van der Waals surface area contributed by atoms with E-state index in [9.17, 15) is 0 Å². The molecule has 0 saturated heterocycles. The van der Waals surface area contributed by atoms with Crippen molar-refractivity contribution in [3.8, 4) is 22.3 Å². The number of aromatic amines is 2. The van der Waals surface area contributed by atoms with Crippen LogP contribution in [-0.4, -0.2) is 56.9 Å². The minimum absolute atomic E-state index is 0. The Labute approximate surface area is 303 Å². The van der Waals surface area contributed by atoms with E-state index >= 15 is 0 Å². The minimum atomic E-state index is 0. The van der Waals surface area contributed by atoms with Crippen molar-refractivity contribution in [1.29, 1.82) is 0 Å². The van der Waals surface area contributed by atoms with Crippen LogP contribution in [0.1, 0.15) is 33.9 Å². The van der Waals surface area contributed by atoms with Crippen LogP contribution in [0.4, 0.5) is 0 Å². The van der Waals surface area contributed by atoms with Gasteiger partial charge in [0.25, 0.3) is 0 Å². The number of nitrogens with one attached hydrogen (secondary N) is 2. The first-order chi connectivity index (χ1) is 24.6. The Morgan fingerprint density at radius 2 is 0.804 bits per heavy atom. The van der Waals surface area contributed by atoms with Gasteiger partial charge < -0.3 is 19.8 Å². The van der Waals surface area contributed by atoms with E-state index < -0.39 is 0 Å². The van der Waals surface area contributed by atoms with Gasteiger partial charge in [-0.2, -0.15) is 0 Å². The van der Waals surface area contributed by atoms with Crippen molar-refractivity contribution in [2.45, 2.75) is 0 Å². The van der Waals surface area contributed by atoms with Crippen molar-refractivity contribution in [3.05, 3.63) is 156 Å². The summed E-state index contributed by atoms with van der Waals surface area (Å²) in [6.07, 6.45) is 21.8. The SMILES string of the molecule is CN1C=CC(c2c3nc(c(C4=CCN(C)C=C4)c4ccc([nH]4)c(-c4ccccc4)c4nc(c(-c5ccccc5)c5ccc2[nH]5)C=C4)C=C3)=CC1.Cl. The summed E-state index contributed by atoms with van der Waals surface area (Å²) in [5.41, 5.74) is 16.4. The molecule has 0 fully saturated rings. The Morgan fingerprint density at radius 1 is 0.451 bits per heavy atom. The van der Waals surface area contributed by atoms with E-state index in [1.165, 1.54) is 0 Å². The Kier molecular flexibility index (Phi) is 8.38. The second kappa shape index (κ2) is 13.3. The second-order valence-electron chi connectivity index (χ2n) is 13.1. The number of H-pyrrole nitrogens is 2. The standard InChI is InChI=1S/C44H36N6.ClH/c1-49-25-21-31(22-26-49)43-37-17-15-35(46-37)41(29-9-5-3-6-10-29)33-13-14-34(45-33)42(30-11-7-4-8-12-30)36-16-18-38(47-36)44(40-20-19-39(43)48-40)32-23-27-50(2)28-24-32;/h3-25,27,46-47H,26,28H2,1-2H3;1H. The number of benzene rings is 2. The molecular weight excluding hydrogens is 648 g/mol. The summed E-state index contributed by atoms with van der Waals surface area (Å²) in [5.74, 6) is 0. The number of nitrogens with zero attached hydrogens (tertiary/aromatic N) is 4. The van der Waals surface area contributed by atoms with Crippen LogP contribution in [0, 0.1) is 0 Å². The topological polar surface area (TPSA) is 63.8 Å². The van der Waals surface area contributed by atoms with Gasteiger partial charge in [-0.05, 0) is 95.4 Å². The highest BCUT2D eigenvalue weighted by Crippen LogP contribution is 2.37. The van der Waals surface area contributed by atoms with Gasteiger partial charge >= 0.3 is 0 Å². The molecule has 7 heteroatoms. The Hall–Kier alpha value is -6.11. The van der Waals surface area contributed by atoms with Crippen LogP contribution < -0.4 is 0 Å². The maximum Gasteiger partial charge on any atom is 0.0737 e. The number of aromatic nitrogens is 4. The van der Waals surface area contributed by atoms with Gasteiger partial charge in [0, 0.05) is 71.5 Å². The average Bonchev–Trinajstić information content (AvgIpc) is 3.98. The zero-order chi connectivity index (χ0) is 33.6. The zero-order valence-electron chi connectivity index (χ0n) is 28.5. The van der Waals surface area contributed by atoms with Crippen molar-refractivity contribution in [2.24, 2.45) is 0 Å². The van der Waals surface area contributed by atoms with E-state index in [1.54, 1.807) is 0 Å². The molecule has 0 aliphatic carbocycles. The number of hydrogen-bond donors (Lipinski definition) is 2. The second-order valence-corrected chi connectivity index (χ2v) is 13.1. The predicted molar refractivity (Wildman–Crippen MR) is 216 cm³/mol. The minimum Gasteiger partial charge on any atom is -0.377 e. The molecule has 8 bridgehead atoms. The Balaban J connectivity index is 0.00000374. The number of halogens is 1. The Bertz CT molecular complexity index is 2340. The van der Waals surface area contributed by atoms with E-state index in [2.05, 4.69) is 180 Å². The molecular formula is C44H37ClN6. The fourth-order valence-electron chi connectivity index (χ4n) is 7.16. The Morgan fingerprint density at radius 3 is 1.16 bits per heavy atom. The molecule has 0 amide bonds. The van der Waals surface area contributed by atoms with Gasteiger partial charge in [0.05, 0.1) is 22.8 Å². The molecule has 0 unspecified atom stereocenters. The normalized spacial score (nSPS) is 14.8. The summed E-state index contributed by atoms with van der Waals surface area (Å²) in [6, 6.07) is 29.8. The van der Waals surface area contributed by atoms with Crippen molar-refractivity contribution < 1.29 is 0 Å². The molecule has 4 aliphatic rings. The summed E-state index contributed by atoms with van der Waals surface area (Å²) in [7, 11) is 4.19. The highest BCUT2D eigenvalue weighted by molar-refractivity contribution is 5.99. The quantitative estimate of drug-likeness (QED) is 0.194. The molecule has 7 heterocycles. The van der Waals surface area contributed by atoms with Gasteiger partial charge in [0.2, 0.25) is 0 Å². The average molecular weight is 685 g/mol. The van der Waals surface area contributed by atoms with E-state index in [0.717, 1.165) is 102 Å². The molecule has 6 nitrogen and oxygen atoms in total. The molecule has 9 rings (SSSR count). The maximum absolute atomic E-state index is 5.41. The molecule has 0 atom stereocenters. The predicted octanol–water partition coefficient (Wildman–Crippen LogP) is 10.1. The third-order valence-electron chi connectivity index (χ3n) is 9.67. The summed E-state index contributed by atoms with van der Waals surface area (Å²) in [5, 5.41) is 0. The van der Waals surface area contributed by atoms with Gasteiger partial charge in [-0.25, -0.2) is 9.97 Å². The number of hydrogen-bond acceptors (Lipinski definition) is 4. The van der Waals surface area contributed by atoms with Crippen molar-refractivity contribution in [1.82, 2.24) is 29.7 Å². The van der Waals surface area contributed by atoms with Crippen LogP contribution >= 0.6 is 12.4 Å². The fraction of sp³-hybridized carbons (Fsp3) is 0.0909. The van der Waals surface area contributed by atoms with Crippen molar-refractivity contribution >= 4 is 69.9 Å². The van der Waals surface area contributed by atoms with Crippen LogP contribution in [0.15, 0.2) is 122 Å². The first-order valence-corrected chi connectivity index (χ1v) is 17.0. The molecule has 3 aromatic heterocycles. The molecule has 250 valence electrons. The van der Waals surface area contributed by atoms with E-state index in [4.69, 9.17) is 9.97 Å². The zero-order valence-corrected chi connectivity index (χ0v) is 29.3. The van der Waals surface area contributed by atoms with Crippen LogP contribution in [0.2, 0.25) is 0 Å². The number of allylic oxidation sites excluding steroid dienone is 4. The van der Waals surface area contributed by atoms with Crippen LogP contribution in [0.3, 0.4) is 0 Å². The first-order valence-electron chi connectivity index (χ1n) is 17.0. The van der Waals surface area contributed by atoms with Crippen molar-refractivity contribution in [2.75, 3.05) is 27.2 Å². The lowest BCUT2D eigenvalue weighted by atomic mass is 10.0. The first kappa shape index (κ1) is 32.1. The lowest BCUT2D eigenvalue weighted by molar-refractivity contribution is 0.506. The molecule has 2 N–H and O–H groups in total. The van der Waals surface area contributed by atoms with Gasteiger partial charge in [-0.15, -0.1) is 12.4 Å². The highest BCUT2D eigenvalue weighted by Gasteiger charge is 2.20. The molecule has 0 radical (unpaired) electrons. The van der Waals surface area contributed by atoms with Crippen LogP contribution in [0.25, 0.3) is 79.8 Å². The molecule has 0 spiro atoms. The monoisotopic (exact) mass is 684 g/mol. The van der Waals surface area contributed by atoms with E-state index in [-0.39, 0.29) is 12.4 Å². The van der Waals surface area contributed by atoms with Gasteiger partial charge in [0.1, 0.15) is 0 Å². The lowest BCUT2D eigenvalue weighted by Crippen LogP contribution is -2.13. The summed E-state index contributed by atoms with van der Waals surface area (Å²) >= 11 is 0. The third kappa shape index (κ3) is 5.94. The van der Waals surface area contributed by atoms with Crippen LogP contribution in [-0.2, 0) is 0 Å². The molecule has 0 saturated carbocycles. The van der Waals surface area contributed by atoms with E-state index in [1.807, 2.05) is 0 Å². The van der Waals surface area contributed by atoms with Crippen LogP contribution in [0.5, 0.6) is 0 Å². The largest absolute Gasteiger partial charge is 0.377 e. The number of likely N-dealkylation sites (N-methyl/N-ethyl adjacent to an activating group) is 2. The summed E-state index contributed by atoms with van der Waals surface area (Å²) in [6.45, 7) is 1.65. The highest BCUT2D eigenvalue weighted by atomic mass is 35.5. The summed E-state index contributed by atoms with van der Waals surface area (Å²) < 4.78 is 0. The lowest BCUT2D eigenvalue weighted by Gasteiger charge is -2.18. The fourth-order valence-corrected chi connectivity index (χ4v) is 7.16. The van der Waals surface area contributed by atoms with Gasteiger partial charge in [-0.3, -0.25) is 0 Å². The summed E-state index contributed by atoms with van der Waals surface area (Å²) in [4.78, 5) is 22.8. The van der Waals surface area contributed by atoms with E-state index in [0.29, 0.717) is 0 Å². The molecule has 4 aliphatic heterocycles. The van der Waals surface area contributed by atoms with Gasteiger partial charge in [-0.1, -0.05) is 72.8 Å². The van der Waals surface area contributed by atoms with Gasteiger partial charge in [0.15, 0.2) is 0 Å². The van der Waals surface area contributed by atoms with Crippen molar-refractivity contribution in [3.63, 3.8) is 0 Å². The smallest absolute Gasteiger partial charge is 0.0737 e. The molecule has 2 aromatic carbocycles. The molecule has 51 heavy (non-hydrogen) atoms.